The van der Waals surface area contributed by atoms with E-state index in [1.165, 1.54) is 12.1 Å². The minimum absolute atomic E-state index is 0.136. The zero-order valence-electron chi connectivity index (χ0n) is 9.29. The number of Topliss-reactive ketones (excluding diaryl/α,β-unsaturated/α-hetero) is 1. The fourth-order valence-corrected chi connectivity index (χ4v) is 2.29. The van der Waals surface area contributed by atoms with Crippen LogP contribution in [0, 0.1) is 9.39 Å². The molecular formula is C14H9BrFIO. The molecular weight excluding hydrogens is 410 g/mol. The van der Waals surface area contributed by atoms with Gasteiger partial charge in [0, 0.05) is 14.5 Å². The maximum Gasteiger partial charge on any atom is 0.170 e. The van der Waals surface area contributed by atoms with Crippen molar-refractivity contribution in [2.24, 2.45) is 0 Å². The molecule has 92 valence electrons. The Morgan fingerprint density at radius 3 is 2.44 bits per heavy atom. The van der Waals surface area contributed by atoms with Crippen molar-refractivity contribution < 1.29 is 9.18 Å². The van der Waals surface area contributed by atoms with Gasteiger partial charge in [-0.1, -0.05) is 28.1 Å². The van der Waals surface area contributed by atoms with Gasteiger partial charge in [-0.2, -0.15) is 0 Å². The van der Waals surface area contributed by atoms with Crippen molar-refractivity contribution in [3.05, 3.63) is 67.5 Å². The minimum atomic E-state index is -0.486. The van der Waals surface area contributed by atoms with Gasteiger partial charge in [-0.05, 0) is 58.5 Å². The molecule has 0 heterocycles. The summed E-state index contributed by atoms with van der Waals surface area (Å²) in [4.78, 5) is 12.0. The first kappa shape index (κ1) is 13.7. The summed E-state index contributed by atoms with van der Waals surface area (Å²) in [7, 11) is 0. The highest BCUT2D eigenvalue weighted by Crippen LogP contribution is 2.17. The quantitative estimate of drug-likeness (QED) is 0.525. The van der Waals surface area contributed by atoms with Crippen LogP contribution in [0.3, 0.4) is 0 Å². The number of hydrogen-bond acceptors (Lipinski definition) is 1. The van der Waals surface area contributed by atoms with Crippen molar-refractivity contribution >= 4 is 44.3 Å². The summed E-state index contributed by atoms with van der Waals surface area (Å²) in [5.74, 6) is -0.693. The number of rotatable bonds is 3. The summed E-state index contributed by atoms with van der Waals surface area (Å²) < 4.78 is 15.4. The summed E-state index contributed by atoms with van der Waals surface area (Å²) in [6.45, 7) is 0. The summed E-state index contributed by atoms with van der Waals surface area (Å²) in [6.07, 6.45) is 0.218. The number of carbonyl (C=O) groups is 1. The molecule has 2 rings (SSSR count). The second kappa shape index (κ2) is 5.93. The van der Waals surface area contributed by atoms with E-state index in [0.29, 0.717) is 4.47 Å². The smallest absolute Gasteiger partial charge is 0.170 e. The Morgan fingerprint density at radius 2 is 1.83 bits per heavy atom. The van der Waals surface area contributed by atoms with E-state index in [4.69, 9.17) is 0 Å². The van der Waals surface area contributed by atoms with Crippen molar-refractivity contribution in [3.8, 4) is 0 Å². The van der Waals surface area contributed by atoms with E-state index < -0.39 is 5.82 Å². The SMILES string of the molecule is O=C(Cc1ccc(I)cc1)c1ccc(Br)cc1F. The van der Waals surface area contributed by atoms with E-state index in [1.807, 2.05) is 24.3 Å². The molecule has 0 aliphatic heterocycles. The zero-order chi connectivity index (χ0) is 13.1. The molecule has 0 bridgehead atoms. The number of carbonyl (C=O) groups excluding carboxylic acids is 1. The Morgan fingerprint density at radius 1 is 1.17 bits per heavy atom. The number of halogens is 3. The van der Waals surface area contributed by atoms with Crippen molar-refractivity contribution in [2.75, 3.05) is 0 Å². The molecule has 0 radical (unpaired) electrons. The Hall–Kier alpha value is -0.750. The predicted octanol–water partition coefficient (Wildman–Crippen LogP) is 4.62. The van der Waals surface area contributed by atoms with Crippen molar-refractivity contribution in [1.29, 1.82) is 0 Å². The van der Waals surface area contributed by atoms with Crippen LogP contribution in [0.25, 0.3) is 0 Å². The highest BCUT2D eigenvalue weighted by atomic mass is 127. The summed E-state index contributed by atoms with van der Waals surface area (Å²) in [5.41, 5.74) is 1.03. The molecule has 1 nitrogen and oxygen atoms in total. The summed E-state index contributed by atoms with van der Waals surface area (Å²) in [6, 6.07) is 12.1. The topological polar surface area (TPSA) is 17.1 Å². The Kier molecular flexibility index (Phi) is 4.50. The molecule has 4 heteroatoms. The number of hydrogen-bond donors (Lipinski definition) is 0. The van der Waals surface area contributed by atoms with Crippen molar-refractivity contribution in [1.82, 2.24) is 0 Å². The first-order chi connectivity index (χ1) is 8.56. The Labute approximate surface area is 127 Å². The third-order valence-corrected chi connectivity index (χ3v) is 3.72. The van der Waals surface area contributed by atoms with Crippen molar-refractivity contribution in [3.63, 3.8) is 0 Å². The molecule has 0 atom stereocenters. The molecule has 0 fully saturated rings. The highest BCUT2D eigenvalue weighted by molar-refractivity contribution is 14.1. The van der Waals surface area contributed by atoms with Crippen LogP contribution in [0.4, 0.5) is 4.39 Å². The minimum Gasteiger partial charge on any atom is -0.294 e. The number of ketones is 1. The maximum atomic E-state index is 13.6. The first-order valence-electron chi connectivity index (χ1n) is 5.29. The van der Waals surface area contributed by atoms with Crippen LogP contribution in [0.1, 0.15) is 15.9 Å². The fraction of sp³-hybridized carbons (Fsp3) is 0.0714. The molecule has 0 N–H and O–H groups in total. The fourth-order valence-electron chi connectivity index (χ4n) is 1.60. The van der Waals surface area contributed by atoms with E-state index >= 15 is 0 Å². The molecule has 0 aliphatic carbocycles. The van der Waals surface area contributed by atoms with E-state index in [9.17, 15) is 9.18 Å². The van der Waals surface area contributed by atoms with Gasteiger partial charge in [0.1, 0.15) is 5.82 Å². The van der Waals surface area contributed by atoms with Crippen LogP contribution in [0.2, 0.25) is 0 Å². The van der Waals surface area contributed by atoms with Crippen LogP contribution in [0.5, 0.6) is 0 Å². The van der Waals surface area contributed by atoms with Crippen LogP contribution in [-0.4, -0.2) is 5.78 Å². The van der Waals surface area contributed by atoms with E-state index in [-0.39, 0.29) is 17.8 Å². The monoisotopic (exact) mass is 418 g/mol. The molecule has 0 unspecified atom stereocenters. The van der Waals surface area contributed by atoms with E-state index in [2.05, 4.69) is 38.5 Å². The molecule has 0 amide bonds. The van der Waals surface area contributed by atoms with Gasteiger partial charge in [0.2, 0.25) is 0 Å². The lowest BCUT2D eigenvalue weighted by atomic mass is 10.0. The number of benzene rings is 2. The lowest BCUT2D eigenvalue weighted by molar-refractivity contribution is 0.0989. The van der Waals surface area contributed by atoms with Crippen molar-refractivity contribution in [2.45, 2.75) is 6.42 Å². The highest BCUT2D eigenvalue weighted by Gasteiger charge is 2.12. The maximum absolute atomic E-state index is 13.6. The van der Waals surface area contributed by atoms with Gasteiger partial charge in [0.15, 0.2) is 5.78 Å². The van der Waals surface area contributed by atoms with E-state index in [0.717, 1.165) is 9.13 Å². The van der Waals surface area contributed by atoms with Gasteiger partial charge in [0.05, 0.1) is 5.56 Å². The second-order valence-electron chi connectivity index (χ2n) is 3.85. The molecule has 2 aromatic carbocycles. The van der Waals surface area contributed by atoms with Crippen LogP contribution in [0.15, 0.2) is 46.9 Å². The average molecular weight is 419 g/mol. The van der Waals surface area contributed by atoms with Crippen LogP contribution in [-0.2, 0) is 6.42 Å². The van der Waals surface area contributed by atoms with Gasteiger partial charge < -0.3 is 0 Å². The van der Waals surface area contributed by atoms with E-state index in [1.54, 1.807) is 6.07 Å². The molecule has 2 aromatic rings. The molecule has 0 saturated heterocycles. The summed E-state index contributed by atoms with van der Waals surface area (Å²) in [5, 5.41) is 0. The Balaban J connectivity index is 2.19. The third kappa shape index (κ3) is 3.38. The average Bonchev–Trinajstić information content (AvgIpc) is 2.32. The van der Waals surface area contributed by atoms with Gasteiger partial charge in [-0.15, -0.1) is 0 Å². The van der Waals surface area contributed by atoms with Gasteiger partial charge in [-0.25, -0.2) is 4.39 Å². The second-order valence-corrected chi connectivity index (χ2v) is 6.01. The zero-order valence-corrected chi connectivity index (χ0v) is 13.0. The van der Waals surface area contributed by atoms with Gasteiger partial charge in [0.25, 0.3) is 0 Å². The molecule has 18 heavy (non-hydrogen) atoms. The molecule has 0 aromatic heterocycles. The standard InChI is InChI=1S/C14H9BrFIO/c15-10-3-6-12(13(16)8-10)14(18)7-9-1-4-11(17)5-2-9/h1-6,8H,7H2. The normalized spacial score (nSPS) is 10.4. The van der Waals surface area contributed by atoms with Gasteiger partial charge >= 0.3 is 0 Å². The van der Waals surface area contributed by atoms with Crippen LogP contribution < -0.4 is 0 Å². The van der Waals surface area contributed by atoms with Crippen LogP contribution >= 0.6 is 38.5 Å². The lowest BCUT2D eigenvalue weighted by Gasteiger charge is -2.04. The third-order valence-electron chi connectivity index (χ3n) is 2.51. The Bertz CT molecular complexity index is 581. The molecule has 0 saturated carbocycles. The summed E-state index contributed by atoms with van der Waals surface area (Å²) >= 11 is 5.37. The predicted molar refractivity (Wildman–Crippen MR) is 81.3 cm³/mol. The largest absolute Gasteiger partial charge is 0.294 e. The molecule has 0 aliphatic rings. The first-order valence-corrected chi connectivity index (χ1v) is 7.16. The lowest BCUT2D eigenvalue weighted by Crippen LogP contribution is -2.06. The molecule has 0 spiro atoms. The van der Waals surface area contributed by atoms with Gasteiger partial charge in [-0.3, -0.25) is 4.79 Å².